The molecule has 0 radical (unpaired) electrons. The Kier molecular flexibility index (Phi) is 4.58. The number of hydrogen-bond donors (Lipinski definition) is 0. The molecule has 1 fully saturated rings. The summed E-state index contributed by atoms with van der Waals surface area (Å²) in [4.78, 5) is 18.4. The van der Waals surface area contributed by atoms with Gasteiger partial charge in [-0.2, -0.15) is 8.91 Å². The zero-order valence-corrected chi connectivity index (χ0v) is 17.4. The van der Waals surface area contributed by atoms with Gasteiger partial charge in [-0.05, 0) is 37.6 Å². The van der Waals surface area contributed by atoms with Crippen molar-refractivity contribution >= 4 is 11.5 Å². The molecule has 0 unspecified atom stereocenters. The topological polar surface area (TPSA) is 78.2 Å². The molecule has 162 valence electrons. The standard InChI is InChI=1S/C22H23FN4O4/c1-13-11-19-24-14(2)20(23)22(28)27(19)25-21(13)26-7-5-15(6-8-26)31-16-3-4-17-18(12-16)30-10-9-29-17/h3-4,11-12,15H,5-10H2,1-2H3/i15D. The Balaban J connectivity index is 1.34. The van der Waals surface area contributed by atoms with Crippen LogP contribution in [0.3, 0.4) is 0 Å². The smallest absolute Gasteiger partial charge is 0.310 e. The van der Waals surface area contributed by atoms with E-state index in [2.05, 4.69) is 10.1 Å². The molecule has 2 aromatic heterocycles. The Morgan fingerprint density at radius 3 is 2.68 bits per heavy atom. The van der Waals surface area contributed by atoms with E-state index in [0.29, 0.717) is 67.9 Å². The number of fused-ring (bicyclic) bond motifs is 2. The highest BCUT2D eigenvalue weighted by atomic mass is 19.1. The minimum absolute atomic E-state index is 0.0530. The molecule has 0 atom stereocenters. The van der Waals surface area contributed by atoms with Crippen molar-refractivity contribution in [3.05, 3.63) is 51.7 Å². The second-order valence-corrected chi connectivity index (χ2v) is 7.67. The molecule has 1 saturated heterocycles. The molecule has 0 bridgehead atoms. The summed E-state index contributed by atoms with van der Waals surface area (Å²) in [7, 11) is 0. The van der Waals surface area contributed by atoms with Crippen molar-refractivity contribution in [2.45, 2.75) is 32.8 Å². The van der Waals surface area contributed by atoms with Gasteiger partial charge in [-0.3, -0.25) is 4.79 Å². The number of nitrogens with zero attached hydrogens (tertiary/aromatic N) is 4. The minimum Gasteiger partial charge on any atom is -0.490 e. The molecule has 0 N–H and O–H groups in total. The van der Waals surface area contributed by atoms with Gasteiger partial charge >= 0.3 is 5.56 Å². The average molecular weight is 427 g/mol. The van der Waals surface area contributed by atoms with E-state index in [1.54, 1.807) is 24.3 Å². The third-order valence-electron chi connectivity index (χ3n) is 5.49. The first kappa shape index (κ1) is 18.4. The predicted molar refractivity (Wildman–Crippen MR) is 112 cm³/mol. The fourth-order valence-corrected chi connectivity index (χ4v) is 3.88. The summed E-state index contributed by atoms with van der Waals surface area (Å²) >= 11 is 0. The number of hydrogen-bond acceptors (Lipinski definition) is 7. The van der Waals surface area contributed by atoms with E-state index in [1.807, 2.05) is 11.8 Å². The van der Waals surface area contributed by atoms with E-state index in [-0.39, 0.29) is 5.69 Å². The first-order valence-electron chi connectivity index (χ1n) is 10.7. The van der Waals surface area contributed by atoms with Crippen LogP contribution < -0.4 is 24.7 Å². The summed E-state index contributed by atoms with van der Waals surface area (Å²) in [5, 5.41) is 4.37. The molecule has 4 heterocycles. The second-order valence-electron chi connectivity index (χ2n) is 7.67. The van der Waals surface area contributed by atoms with Gasteiger partial charge in [0, 0.05) is 32.0 Å². The lowest BCUT2D eigenvalue weighted by atomic mass is 10.1. The lowest BCUT2D eigenvalue weighted by molar-refractivity contribution is 0.159. The zero-order chi connectivity index (χ0) is 22.5. The van der Waals surface area contributed by atoms with Crippen LogP contribution in [0.4, 0.5) is 10.2 Å². The van der Waals surface area contributed by atoms with Crippen molar-refractivity contribution in [3.63, 3.8) is 0 Å². The number of benzene rings is 1. The molecule has 2 aliphatic rings. The normalized spacial score (nSPS) is 18.0. The van der Waals surface area contributed by atoms with Crippen molar-refractivity contribution in [3.8, 4) is 17.2 Å². The lowest BCUT2D eigenvalue weighted by Gasteiger charge is -2.33. The maximum atomic E-state index is 14.0. The van der Waals surface area contributed by atoms with Crippen LogP contribution in [-0.2, 0) is 0 Å². The molecule has 0 amide bonds. The molecule has 1 aromatic carbocycles. The summed E-state index contributed by atoms with van der Waals surface area (Å²) < 4.78 is 40.9. The second kappa shape index (κ2) is 7.72. The first-order valence-corrected chi connectivity index (χ1v) is 10.2. The summed E-state index contributed by atoms with van der Waals surface area (Å²) in [6, 6.07) is 7.05. The number of aryl methyl sites for hydroxylation is 2. The highest BCUT2D eigenvalue weighted by molar-refractivity contribution is 5.53. The summed E-state index contributed by atoms with van der Waals surface area (Å²) in [6.45, 7) is 5.34. The van der Waals surface area contributed by atoms with E-state index in [4.69, 9.17) is 15.6 Å². The maximum absolute atomic E-state index is 14.0. The monoisotopic (exact) mass is 427 g/mol. The van der Waals surface area contributed by atoms with E-state index in [9.17, 15) is 9.18 Å². The van der Waals surface area contributed by atoms with E-state index in [0.717, 1.165) is 10.1 Å². The summed E-state index contributed by atoms with van der Waals surface area (Å²) in [5.74, 6) is 1.52. The predicted octanol–water partition coefficient (Wildman–Crippen LogP) is 2.66. The molecule has 0 saturated carbocycles. The molecule has 3 aromatic rings. The number of aromatic nitrogens is 3. The van der Waals surface area contributed by atoms with Gasteiger partial charge in [0.15, 0.2) is 23.0 Å². The van der Waals surface area contributed by atoms with Crippen molar-refractivity contribution in [1.82, 2.24) is 14.6 Å². The van der Waals surface area contributed by atoms with Crippen molar-refractivity contribution in [2.24, 2.45) is 0 Å². The van der Waals surface area contributed by atoms with Crippen LogP contribution in [0, 0.1) is 19.7 Å². The number of rotatable bonds is 3. The Morgan fingerprint density at radius 2 is 1.90 bits per heavy atom. The molecular weight excluding hydrogens is 403 g/mol. The maximum Gasteiger partial charge on any atom is 0.310 e. The minimum atomic E-state index is -1.10. The number of piperidine rings is 1. The van der Waals surface area contributed by atoms with Gasteiger partial charge in [-0.1, -0.05) is 0 Å². The molecule has 9 heteroatoms. The van der Waals surface area contributed by atoms with Crippen LogP contribution in [0.1, 0.15) is 25.5 Å². The summed E-state index contributed by atoms with van der Waals surface area (Å²) in [6.07, 6.45) is -0.251. The van der Waals surface area contributed by atoms with Gasteiger partial charge in [-0.25, -0.2) is 4.98 Å². The fraction of sp³-hybridized carbons (Fsp3) is 0.409. The van der Waals surface area contributed by atoms with Crippen LogP contribution in [0.5, 0.6) is 17.2 Å². The highest BCUT2D eigenvalue weighted by Gasteiger charge is 2.24. The van der Waals surface area contributed by atoms with Gasteiger partial charge in [0.05, 0.1) is 7.06 Å². The third kappa shape index (κ3) is 3.64. The summed E-state index contributed by atoms with van der Waals surface area (Å²) in [5.41, 5.74) is 0.372. The Hall–Kier alpha value is -3.36. The molecule has 0 spiro atoms. The Labute approximate surface area is 179 Å². The van der Waals surface area contributed by atoms with Gasteiger partial charge in [0.25, 0.3) is 0 Å². The molecule has 2 aliphatic heterocycles. The molecular formula is C22H23FN4O4. The SMILES string of the molecule is [2H]C1(Oc2ccc3c(c2)OCCO3)CCN(c2nn3c(=O)c(F)c(C)nc3cc2C)CC1. The third-order valence-corrected chi connectivity index (χ3v) is 5.49. The van der Waals surface area contributed by atoms with Crippen LogP contribution in [0.2, 0.25) is 0 Å². The van der Waals surface area contributed by atoms with E-state index >= 15 is 0 Å². The number of halogens is 1. The zero-order valence-electron chi connectivity index (χ0n) is 18.4. The molecule has 31 heavy (non-hydrogen) atoms. The van der Waals surface area contributed by atoms with Crippen LogP contribution >= 0.6 is 0 Å². The van der Waals surface area contributed by atoms with E-state index in [1.165, 1.54) is 6.92 Å². The Morgan fingerprint density at radius 1 is 1.16 bits per heavy atom. The largest absolute Gasteiger partial charge is 0.490 e. The van der Waals surface area contributed by atoms with Gasteiger partial charge in [0.2, 0.25) is 5.82 Å². The van der Waals surface area contributed by atoms with Crippen molar-refractivity contribution < 1.29 is 20.0 Å². The fourth-order valence-electron chi connectivity index (χ4n) is 3.88. The van der Waals surface area contributed by atoms with Crippen LogP contribution in [0.15, 0.2) is 29.1 Å². The van der Waals surface area contributed by atoms with Crippen molar-refractivity contribution in [2.75, 3.05) is 31.2 Å². The first-order chi connectivity index (χ1) is 15.3. The van der Waals surface area contributed by atoms with Gasteiger partial charge in [0.1, 0.15) is 25.0 Å². The van der Waals surface area contributed by atoms with Crippen LogP contribution in [-0.4, -0.2) is 47.0 Å². The highest BCUT2D eigenvalue weighted by Crippen LogP contribution is 2.34. The molecule has 5 rings (SSSR count). The Bertz CT molecular complexity index is 1260. The quantitative estimate of drug-likeness (QED) is 0.636. The van der Waals surface area contributed by atoms with Crippen molar-refractivity contribution in [1.29, 1.82) is 0 Å². The van der Waals surface area contributed by atoms with E-state index < -0.39 is 17.5 Å². The number of ether oxygens (including phenoxy) is 3. The average Bonchev–Trinajstić information content (AvgIpc) is 2.78. The van der Waals surface area contributed by atoms with Gasteiger partial charge in [-0.15, -0.1) is 5.10 Å². The molecule has 0 aliphatic carbocycles. The molecule has 8 nitrogen and oxygen atoms in total. The lowest BCUT2D eigenvalue weighted by Crippen LogP contribution is -2.39. The van der Waals surface area contributed by atoms with Crippen LogP contribution in [0.25, 0.3) is 5.65 Å². The number of anilines is 1. The van der Waals surface area contributed by atoms with Gasteiger partial charge < -0.3 is 19.1 Å².